The van der Waals surface area contributed by atoms with Crippen LogP contribution in [0.1, 0.15) is 50.5 Å². The molecular formula is C33H37NO6. The van der Waals surface area contributed by atoms with Crippen molar-refractivity contribution in [1.29, 1.82) is 0 Å². The Morgan fingerprint density at radius 1 is 0.975 bits per heavy atom. The number of aliphatic carboxylic acids is 1. The molecule has 7 heteroatoms. The molecule has 3 aromatic carbocycles. The maximum atomic E-state index is 11.5. The largest absolute Gasteiger partial charge is 0.479 e. The average molecular weight is 544 g/mol. The van der Waals surface area contributed by atoms with Crippen molar-refractivity contribution >= 4 is 16.7 Å². The molecule has 1 aromatic heterocycles. The SMILES string of the molecule is CCCOC(CO[C@@H]1CCC[C@H](OCc2nc(-c3ccccc3-c3cccc4ccccc34)oc2C)C1)C(=O)O. The summed E-state index contributed by atoms with van der Waals surface area (Å²) >= 11 is 0. The van der Waals surface area contributed by atoms with Gasteiger partial charge in [0.1, 0.15) is 11.5 Å². The van der Waals surface area contributed by atoms with Crippen molar-refractivity contribution in [3.05, 3.63) is 78.2 Å². The second kappa shape index (κ2) is 13.2. The number of carbonyl (C=O) groups is 1. The molecule has 1 saturated carbocycles. The molecule has 0 saturated heterocycles. The van der Waals surface area contributed by atoms with E-state index in [0.717, 1.165) is 53.8 Å². The van der Waals surface area contributed by atoms with E-state index >= 15 is 0 Å². The molecule has 4 aromatic rings. The quantitative estimate of drug-likeness (QED) is 0.202. The van der Waals surface area contributed by atoms with Gasteiger partial charge in [0.15, 0.2) is 6.10 Å². The van der Waals surface area contributed by atoms with Crippen LogP contribution in [0.15, 0.2) is 71.1 Å². The number of hydrogen-bond acceptors (Lipinski definition) is 6. The average Bonchev–Trinajstić information content (AvgIpc) is 3.36. The number of aryl methyl sites for hydroxylation is 1. The van der Waals surface area contributed by atoms with Crippen LogP contribution in [-0.2, 0) is 25.6 Å². The van der Waals surface area contributed by atoms with Gasteiger partial charge in [-0.25, -0.2) is 9.78 Å². The molecule has 1 heterocycles. The van der Waals surface area contributed by atoms with Crippen LogP contribution in [-0.4, -0.2) is 47.6 Å². The molecule has 0 bridgehead atoms. The van der Waals surface area contributed by atoms with Crippen LogP contribution >= 0.6 is 0 Å². The summed E-state index contributed by atoms with van der Waals surface area (Å²) in [4.78, 5) is 16.3. The molecule has 1 aliphatic rings. The summed E-state index contributed by atoms with van der Waals surface area (Å²) in [5.74, 6) is 0.330. The van der Waals surface area contributed by atoms with E-state index in [2.05, 4.69) is 48.5 Å². The fraction of sp³-hybridized carbons (Fsp3) is 0.394. The fourth-order valence-corrected chi connectivity index (χ4v) is 5.32. The highest BCUT2D eigenvalue weighted by molar-refractivity contribution is 5.99. The lowest BCUT2D eigenvalue weighted by molar-refractivity contribution is -0.157. The maximum absolute atomic E-state index is 11.5. The molecule has 1 N–H and O–H groups in total. The van der Waals surface area contributed by atoms with Crippen LogP contribution in [0.3, 0.4) is 0 Å². The number of oxazole rings is 1. The molecular weight excluding hydrogens is 506 g/mol. The van der Waals surface area contributed by atoms with Gasteiger partial charge >= 0.3 is 5.97 Å². The van der Waals surface area contributed by atoms with E-state index in [1.165, 1.54) is 10.8 Å². The monoisotopic (exact) mass is 543 g/mol. The predicted molar refractivity (Wildman–Crippen MR) is 154 cm³/mol. The number of fused-ring (bicyclic) bond motifs is 1. The predicted octanol–water partition coefficient (Wildman–Crippen LogP) is 7.19. The molecule has 210 valence electrons. The Morgan fingerprint density at radius 2 is 1.68 bits per heavy atom. The molecule has 1 unspecified atom stereocenters. The number of nitrogens with zero attached hydrogens (tertiary/aromatic N) is 1. The summed E-state index contributed by atoms with van der Waals surface area (Å²) in [7, 11) is 0. The first-order valence-electron chi connectivity index (χ1n) is 14.1. The zero-order chi connectivity index (χ0) is 27.9. The Balaban J connectivity index is 1.25. The van der Waals surface area contributed by atoms with Crippen molar-refractivity contribution in [3.8, 4) is 22.6 Å². The minimum Gasteiger partial charge on any atom is -0.479 e. The van der Waals surface area contributed by atoms with Crippen LogP contribution < -0.4 is 0 Å². The Hall–Kier alpha value is -3.52. The van der Waals surface area contributed by atoms with E-state index < -0.39 is 12.1 Å². The standard InChI is InChI=1S/C33H37NO6/c1-3-18-37-31(33(35)36)21-39-25-13-9-12-24(19-25)38-20-30-22(2)40-32(34-30)29-16-7-6-15-28(29)27-17-8-11-23-10-4-5-14-26(23)27/h4-8,10-11,14-17,24-25,31H,3,9,12-13,18-21H2,1-2H3,(H,35,36)/t24-,25+,31?/m0/s1. The van der Waals surface area contributed by atoms with Gasteiger partial charge in [-0.2, -0.15) is 0 Å². The molecule has 7 nitrogen and oxygen atoms in total. The third kappa shape index (κ3) is 6.61. The van der Waals surface area contributed by atoms with E-state index in [1.807, 2.05) is 32.0 Å². The highest BCUT2D eigenvalue weighted by Gasteiger charge is 2.27. The summed E-state index contributed by atoms with van der Waals surface area (Å²) < 4.78 is 23.8. The Labute approximate surface area is 235 Å². The van der Waals surface area contributed by atoms with Gasteiger partial charge in [-0.15, -0.1) is 0 Å². The highest BCUT2D eigenvalue weighted by atomic mass is 16.6. The fourth-order valence-electron chi connectivity index (χ4n) is 5.32. The highest BCUT2D eigenvalue weighted by Crippen LogP contribution is 2.36. The molecule has 40 heavy (non-hydrogen) atoms. The topological polar surface area (TPSA) is 91.0 Å². The van der Waals surface area contributed by atoms with Crippen LogP contribution in [0, 0.1) is 6.92 Å². The maximum Gasteiger partial charge on any atom is 0.335 e. The van der Waals surface area contributed by atoms with Crippen LogP contribution in [0.25, 0.3) is 33.4 Å². The number of ether oxygens (including phenoxy) is 3. The minimum absolute atomic E-state index is 0.0149. The number of carboxylic acids is 1. The minimum atomic E-state index is -0.989. The summed E-state index contributed by atoms with van der Waals surface area (Å²) in [6.07, 6.45) is 3.29. The molecule has 0 amide bonds. The first-order chi connectivity index (χ1) is 19.5. The Kier molecular flexibility index (Phi) is 9.26. The van der Waals surface area contributed by atoms with E-state index in [1.54, 1.807) is 0 Å². The number of rotatable bonds is 12. The summed E-state index contributed by atoms with van der Waals surface area (Å²) in [5, 5.41) is 11.8. The number of hydrogen-bond donors (Lipinski definition) is 1. The van der Waals surface area contributed by atoms with Gasteiger partial charge in [-0.05, 0) is 67.0 Å². The molecule has 5 rings (SSSR count). The van der Waals surface area contributed by atoms with Crippen molar-refractivity contribution in [3.63, 3.8) is 0 Å². The number of carboxylic acid groups (broad SMARTS) is 1. The molecule has 0 radical (unpaired) electrons. The van der Waals surface area contributed by atoms with Gasteiger partial charge in [-0.1, -0.05) is 67.6 Å². The smallest absolute Gasteiger partial charge is 0.335 e. The van der Waals surface area contributed by atoms with Gasteiger partial charge < -0.3 is 23.7 Å². The van der Waals surface area contributed by atoms with Crippen LogP contribution in [0.4, 0.5) is 0 Å². The van der Waals surface area contributed by atoms with Gasteiger partial charge in [0.2, 0.25) is 5.89 Å². The number of aromatic nitrogens is 1. The molecule has 0 spiro atoms. The lowest BCUT2D eigenvalue weighted by Gasteiger charge is -2.29. The lowest BCUT2D eigenvalue weighted by Crippen LogP contribution is -2.34. The van der Waals surface area contributed by atoms with Crippen LogP contribution in [0.2, 0.25) is 0 Å². The first-order valence-corrected chi connectivity index (χ1v) is 14.1. The molecule has 1 fully saturated rings. The van der Waals surface area contributed by atoms with Gasteiger partial charge in [0.05, 0.1) is 25.4 Å². The van der Waals surface area contributed by atoms with Crippen molar-refractivity contribution in [2.24, 2.45) is 0 Å². The third-order valence-corrected chi connectivity index (χ3v) is 7.45. The Bertz CT molecular complexity index is 1420. The van der Waals surface area contributed by atoms with E-state index in [0.29, 0.717) is 25.5 Å². The number of benzene rings is 3. The zero-order valence-corrected chi connectivity index (χ0v) is 23.2. The molecule has 3 atom stereocenters. The summed E-state index contributed by atoms with van der Waals surface area (Å²) in [5.41, 5.74) is 3.94. The molecule has 0 aliphatic heterocycles. The van der Waals surface area contributed by atoms with E-state index in [9.17, 15) is 9.90 Å². The first kappa shape index (κ1) is 28.0. The van der Waals surface area contributed by atoms with Crippen molar-refractivity contribution in [2.75, 3.05) is 13.2 Å². The summed E-state index contributed by atoms with van der Waals surface area (Å²) in [6.45, 7) is 4.67. The Morgan fingerprint density at radius 3 is 2.48 bits per heavy atom. The van der Waals surface area contributed by atoms with Gasteiger partial charge in [0.25, 0.3) is 0 Å². The second-order valence-corrected chi connectivity index (χ2v) is 10.3. The third-order valence-electron chi connectivity index (χ3n) is 7.45. The van der Waals surface area contributed by atoms with E-state index in [-0.39, 0.29) is 18.8 Å². The second-order valence-electron chi connectivity index (χ2n) is 10.3. The van der Waals surface area contributed by atoms with Crippen LogP contribution in [0.5, 0.6) is 0 Å². The van der Waals surface area contributed by atoms with Crippen molar-refractivity contribution in [2.45, 2.75) is 70.9 Å². The van der Waals surface area contributed by atoms with Crippen molar-refractivity contribution in [1.82, 2.24) is 4.98 Å². The van der Waals surface area contributed by atoms with E-state index in [4.69, 9.17) is 23.6 Å². The van der Waals surface area contributed by atoms with Crippen molar-refractivity contribution < 1.29 is 28.5 Å². The van der Waals surface area contributed by atoms with Gasteiger partial charge in [0, 0.05) is 12.2 Å². The lowest BCUT2D eigenvalue weighted by atomic mass is 9.94. The summed E-state index contributed by atoms with van der Waals surface area (Å²) in [6, 6.07) is 22.9. The van der Waals surface area contributed by atoms with Gasteiger partial charge in [-0.3, -0.25) is 0 Å². The molecule has 1 aliphatic carbocycles. The normalized spacial score (nSPS) is 18.1. The zero-order valence-electron chi connectivity index (χ0n) is 23.2.